The summed E-state index contributed by atoms with van der Waals surface area (Å²) in [7, 11) is 0. The Morgan fingerprint density at radius 1 is 1.36 bits per heavy atom. The van der Waals surface area contributed by atoms with Crippen LogP contribution in [0.4, 0.5) is 5.69 Å². The largest absolute Gasteiger partial charge is 0.398 e. The van der Waals surface area contributed by atoms with Gasteiger partial charge in [-0.05, 0) is 11.6 Å². The molecule has 0 saturated carbocycles. The highest BCUT2D eigenvalue weighted by atomic mass is 16.3. The number of rotatable bonds is 2. The summed E-state index contributed by atoms with van der Waals surface area (Å²) in [6.45, 7) is 0.375. The summed E-state index contributed by atoms with van der Waals surface area (Å²) in [4.78, 5) is 0. The average Bonchev–Trinajstić information content (AvgIpc) is 2.04. The van der Waals surface area contributed by atoms with Crippen LogP contribution in [0.3, 0.4) is 0 Å². The molecule has 0 amide bonds. The minimum Gasteiger partial charge on any atom is -0.398 e. The lowest BCUT2D eigenvalue weighted by Gasteiger charge is -2.06. The highest BCUT2D eigenvalue weighted by Gasteiger charge is 2.01. The SMILES string of the molecule is NCc1cccc(N)c1CO. The summed E-state index contributed by atoms with van der Waals surface area (Å²) >= 11 is 0. The summed E-state index contributed by atoms with van der Waals surface area (Å²) in [6.07, 6.45) is 0. The summed E-state index contributed by atoms with van der Waals surface area (Å²) < 4.78 is 0. The molecule has 0 heterocycles. The molecule has 0 aliphatic rings. The monoisotopic (exact) mass is 152 g/mol. The number of hydrogen-bond donors (Lipinski definition) is 3. The van der Waals surface area contributed by atoms with Gasteiger partial charge in [-0.25, -0.2) is 0 Å². The second-order valence-electron chi connectivity index (χ2n) is 2.35. The van der Waals surface area contributed by atoms with Crippen LogP contribution in [0.15, 0.2) is 18.2 Å². The summed E-state index contributed by atoms with van der Waals surface area (Å²) in [5.74, 6) is 0. The standard InChI is InChI=1S/C8H12N2O/c9-4-6-2-1-3-8(10)7(6)5-11/h1-3,11H,4-5,9-10H2. The fraction of sp³-hybridized carbons (Fsp3) is 0.250. The van der Waals surface area contributed by atoms with Crippen LogP contribution in [0.1, 0.15) is 11.1 Å². The van der Waals surface area contributed by atoms with Crippen LogP contribution in [0.2, 0.25) is 0 Å². The van der Waals surface area contributed by atoms with Crippen molar-refractivity contribution >= 4 is 5.69 Å². The van der Waals surface area contributed by atoms with E-state index in [-0.39, 0.29) is 6.61 Å². The van der Waals surface area contributed by atoms with Crippen molar-refractivity contribution < 1.29 is 5.11 Å². The van der Waals surface area contributed by atoms with Gasteiger partial charge in [-0.1, -0.05) is 12.1 Å². The first kappa shape index (κ1) is 8.04. The molecule has 1 aromatic rings. The Labute approximate surface area is 65.6 Å². The Morgan fingerprint density at radius 3 is 2.55 bits per heavy atom. The van der Waals surface area contributed by atoms with Crippen molar-refractivity contribution in [2.45, 2.75) is 13.2 Å². The molecule has 0 radical (unpaired) electrons. The third-order valence-electron chi connectivity index (χ3n) is 1.69. The molecule has 0 aliphatic heterocycles. The van der Waals surface area contributed by atoms with Crippen molar-refractivity contribution in [3.63, 3.8) is 0 Å². The molecule has 1 aromatic carbocycles. The normalized spacial score (nSPS) is 10.0. The average molecular weight is 152 g/mol. The first-order valence-electron chi connectivity index (χ1n) is 3.46. The van der Waals surface area contributed by atoms with Gasteiger partial charge in [-0.15, -0.1) is 0 Å². The second kappa shape index (κ2) is 3.37. The zero-order chi connectivity index (χ0) is 8.27. The Morgan fingerprint density at radius 2 is 2.09 bits per heavy atom. The molecule has 5 N–H and O–H groups in total. The molecule has 0 aliphatic carbocycles. The van der Waals surface area contributed by atoms with Crippen LogP contribution >= 0.6 is 0 Å². The van der Waals surface area contributed by atoms with Crippen molar-refractivity contribution in [2.75, 3.05) is 5.73 Å². The smallest absolute Gasteiger partial charge is 0.0705 e. The molecular weight excluding hydrogens is 140 g/mol. The number of aliphatic hydroxyl groups is 1. The predicted octanol–water partition coefficient (Wildman–Crippen LogP) is 0.220. The van der Waals surface area contributed by atoms with Gasteiger partial charge in [0.05, 0.1) is 6.61 Å². The maximum Gasteiger partial charge on any atom is 0.0705 e. The first-order chi connectivity index (χ1) is 5.29. The second-order valence-corrected chi connectivity index (χ2v) is 2.35. The van der Waals surface area contributed by atoms with Crippen LogP contribution < -0.4 is 11.5 Å². The molecule has 0 aromatic heterocycles. The van der Waals surface area contributed by atoms with Crippen molar-refractivity contribution in [3.05, 3.63) is 29.3 Å². The minimum absolute atomic E-state index is 0.0425. The van der Waals surface area contributed by atoms with E-state index in [2.05, 4.69) is 0 Å². The molecule has 0 fully saturated rings. The number of benzene rings is 1. The van der Waals surface area contributed by atoms with E-state index in [1.165, 1.54) is 0 Å². The van der Waals surface area contributed by atoms with E-state index in [0.717, 1.165) is 11.1 Å². The van der Waals surface area contributed by atoms with Crippen molar-refractivity contribution in [1.29, 1.82) is 0 Å². The predicted molar refractivity (Wildman–Crippen MR) is 44.7 cm³/mol. The van der Waals surface area contributed by atoms with Crippen LogP contribution in [0, 0.1) is 0 Å². The van der Waals surface area contributed by atoms with Gasteiger partial charge in [-0.2, -0.15) is 0 Å². The Bertz CT molecular complexity index is 248. The molecule has 11 heavy (non-hydrogen) atoms. The molecule has 3 nitrogen and oxygen atoms in total. The molecule has 0 atom stereocenters. The Kier molecular flexibility index (Phi) is 2.46. The number of nitrogen functional groups attached to an aromatic ring is 1. The third kappa shape index (κ3) is 1.50. The van der Waals surface area contributed by atoms with Crippen LogP contribution in [0.25, 0.3) is 0 Å². The van der Waals surface area contributed by atoms with Crippen molar-refractivity contribution in [1.82, 2.24) is 0 Å². The zero-order valence-corrected chi connectivity index (χ0v) is 6.25. The summed E-state index contributed by atoms with van der Waals surface area (Å²) in [6, 6.07) is 5.45. The molecule has 60 valence electrons. The maximum absolute atomic E-state index is 8.89. The van der Waals surface area contributed by atoms with Gasteiger partial charge in [0.15, 0.2) is 0 Å². The zero-order valence-electron chi connectivity index (χ0n) is 6.25. The molecule has 3 heteroatoms. The highest BCUT2D eigenvalue weighted by Crippen LogP contribution is 2.15. The summed E-state index contributed by atoms with van der Waals surface area (Å²) in [5.41, 5.74) is 13.3. The molecule has 0 saturated heterocycles. The summed E-state index contributed by atoms with van der Waals surface area (Å²) in [5, 5.41) is 8.89. The van der Waals surface area contributed by atoms with Crippen LogP contribution in [0.5, 0.6) is 0 Å². The van der Waals surface area contributed by atoms with E-state index < -0.39 is 0 Å². The van der Waals surface area contributed by atoms with E-state index in [9.17, 15) is 0 Å². The van der Waals surface area contributed by atoms with E-state index in [0.29, 0.717) is 12.2 Å². The molecule has 0 bridgehead atoms. The Hall–Kier alpha value is -1.06. The van der Waals surface area contributed by atoms with Gasteiger partial charge >= 0.3 is 0 Å². The minimum atomic E-state index is -0.0425. The number of nitrogens with two attached hydrogens (primary N) is 2. The van der Waals surface area contributed by atoms with Crippen molar-refractivity contribution in [3.8, 4) is 0 Å². The maximum atomic E-state index is 8.89. The number of aliphatic hydroxyl groups excluding tert-OH is 1. The van der Waals surface area contributed by atoms with Gasteiger partial charge in [0.25, 0.3) is 0 Å². The van der Waals surface area contributed by atoms with Crippen molar-refractivity contribution in [2.24, 2.45) is 5.73 Å². The third-order valence-corrected chi connectivity index (χ3v) is 1.69. The van der Waals surface area contributed by atoms with Gasteiger partial charge < -0.3 is 16.6 Å². The van der Waals surface area contributed by atoms with E-state index in [1.54, 1.807) is 6.07 Å². The lowest BCUT2D eigenvalue weighted by molar-refractivity contribution is 0.281. The van der Waals surface area contributed by atoms with Gasteiger partial charge in [0.2, 0.25) is 0 Å². The van der Waals surface area contributed by atoms with E-state index >= 15 is 0 Å². The van der Waals surface area contributed by atoms with Crippen LogP contribution in [-0.4, -0.2) is 5.11 Å². The van der Waals surface area contributed by atoms with E-state index in [4.69, 9.17) is 16.6 Å². The molecule has 0 spiro atoms. The van der Waals surface area contributed by atoms with Gasteiger partial charge in [0.1, 0.15) is 0 Å². The van der Waals surface area contributed by atoms with E-state index in [1.807, 2.05) is 12.1 Å². The number of hydrogen-bond acceptors (Lipinski definition) is 3. The molecular formula is C8H12N2O. The molecule has 0 unspecified atom stereocenters. The lowest BCUT2D eigenvalue weighted by atomic mass is 10.1. The lowest BCUT2D eigenvalue weighted by Crippen LogP contribution is -2.04. The number of anilines is 1. The first-order valence-corrected chi connectivity index (χ1v) is 3.46. The van der Waals surface area contributed by atoms with Gasteiger partial charge in [0, 0.05) is 17.8 Å². The topological polar surface area (TPSA) is 72.3 Å². The quantitative estimate of drug-likeness (QED) is 0.531. The Balaban J connectivity index is 3.13. The molecule has 1 rings (SSSR count). The fourth-order valence-corrected chi connectivity index (χ4v) is 1.04. The van der Waals surface area contributed by atoms with Gasteiger partial charge in [-0.3, -0.25) is 0 Å². The van der Waals surface area contributed by atoms with Crippen LogP contribution in [-0.2, 0) is 13.2 Å². The highest BCUT2D eigenvalue weighted by molar-refractivity contribution is 5.50. The fourth-order valence-electron chi connectivity index (χ4n) is 1.04.